The molecule has 0 unspecified atom stereocenters. The molecule has 7 heteroatoms. The molecule has 1 N–H and O–H groups in total. The number of amides is 2. The number of carbonyl (C=O) groups is 3. The normalized spacial score (nSPS) is 22.5. The quantitative estimate of drug-likeness (QED) is 0.645. The van der Waals surface area contributed by atoms with Crippen molar-refractivity contribution in [2.75, 3.05) is 31.6 Å². The van der Waals surface area contributed by atoms with Crippen LogP contribution < -0.4 is 5.32 Å². The number of hydrogen-bond acceptors (Lipinski definition) is 5. The minimum Gasteiger partial charge on any atom is -0.347 e. The average molecular weight is 372 g/mol. The maximum absolute atomic E-state index is 13.0. The maximum atomic E-state index is 13.0. The number of anilines is 1. The number of hydrogen-bond donors (Lipinski definition) is 1. The fraction of sp³-hybridized carbons (Fsp3) is 0.550. The molecule has 4 rings (SSSR count). The van der Waals surface area contributed by atoms with Gasteiger partial charge < -0.3 is 19.7 Å². The van der Waals surface area contributed by atoms with E-state index in [0.29, 0.717) is 63.2 Å². The Kier molecular flexibility index (Phi) is 4.52. The molecule has 2 amide bonds. The van der Waals surface area contributed by atoms with Gasteiger partial charge in [0.05, 0.1) is 13.2 Å². The van der Waals surface area contributed by atoms with E-state index in [4.69, 9.17) is 9.47 Å². The molecule has 2 aliphatic heterocycles. The number of nitrogens with zero attached hydrogens (tertiary/aromatic N) is 1. The lowest BCUT2D eigenvalue weighted by Crippen LogP contribution is -2.51. The molecule has 0 bridgehead atoms. The van der Waals surface area contributed by atoms with E-state index in [2.05, 4.69) is 5.32 Å². The van der Waals surface area contributed by atoms with Gasteiger partial charge >= 0.3 is 0 Å². The number of Topliss-reactive ketones (excluding diaryl/α,β-unsaturated/α-hetero) is 1. The van der Waals surface area contributed by atoms with E-state index in [-0.39, 0.29) is 17.6 Å². The van der Waals surface area contributed by atoms with E-state index >= 15 is 0 Å². The Morgan fingerprint density at radius 2 is 1.56 bits per heavy atom. The molecule has 1 saturated carbocycles. The molecule has 27 heavy (non-hydrogen) atoms. The molecule has 0 atom stereocenters. The summed E-state index contributed by atoms with van der Waals surface area (Å²) in [6, 6.07) is 6.72. The first-order valence-corrected chi connectivity index (χ1v) is 9.44. The zero-order chi connectivity index (χ0) is 19.1. The summed E-state index contributed by atoms with van der Waals surface area (Å²) in [6.07, 6.45) is 2.42. The van der Waals surface area contributed by atoms with Crippen molar-refractivity contribution in [3.63, 3.8) is 0 Å². The zero-order valence-corrected chi connectivity index (χ0v) is 15.5. The first-order valence-electron chi connectivity index (χ1n) is 9.44. The van der Waals surface area contributed by atoms with Gasteiger partial charge in [-0.15, -0.1) is 0 Å². The summed E-state index contributed by atoms with van der Waals surface area (Å²) >= 11 is 0. The molecular weight excluding hydrogens is 348 g/mol. The van der Waals surface area contributed by atoms with Gasteiger partial charge in [-0.25, -0.2) is 0 Å². The second kappa shape index (κ2) is 6.73. The molecule has 7 nitrogen and oxygen atoms in total. The van der Waals surface area contributed by atoms with Gasteiger partial charge in [-0.05, 0) is 44.0 Å². The largest absolute Gasteiger partial charge is 0.347 e. The predicted octanol–water partition coefficient (Wildman–Crippen LogP) is 1.97. The van der Waals surface area contributed by atoms with E-state index in [1.807, 2.05) is 0 Å². The number of rotatable bonds is 4. The summed E-state index contributed by atoms with van der Waals surface area (Å²) in [5.74, 6) is -0.932. The minimum absolute atomic E-state index is 0.0280. The van der Waals surface area contributed by atoms with E-state index in [1.54, 1.807) is 29.2 Å². The van der Waals surface area contributed by atoms with Gasteiger partial charge in [-0.1, -0.05) is 0 Å². The van der Waals surface area contributed by atoms with Crippen LogP contribution in [-0.4, -0.2) is 54.6 Å². The standard InChI is InChI=1S/C20H24N2O5/c1-14(23)15-2-4-16(5-3-15)21-17(24)19(6-7-19)18(25)22-10-8-20(9-11-22)26-12-13-27-20/h2-5H,6-13H2,1H3,(H,21,24). The second-order valence-corrected chi connectivity index (χ2v) is 7.57. The molecule has 2 heterocycles. The Balaban J connectivity index is 1.38. The van der Waals surface area contributed by atoms with Crippen LogP contribution in [0.15, 0.2) is 24.3 Å². The van der Waals surface area contributed by atoms with Crippen LogP contribution in [0.2, 0.25) is 0 Å². The SMILES string of the molecule is CC(=O)c1ccc(NC(=O)C2(C(=O)N3CCC4(CC3)OCCO4)CC2)cc1. The number of carbonyl (C=O) groups excluding carboxylic acids is 3. The van der Waals surface area contributed by atoms with Gasteiger partial charge in [0.25, 0.3) is 0 Å². The summed E-state index contributed by atoms with van der Waals surface area (Å²) in [4.78, 5) is 38.9. The molecule has 1 aromatic carbocycles. The van der Waals surface area contributed by atoms with Gasteiger partial charge in [-0.2, -0.15) is 0 Å². The number of nitrogens with one attached hydrogen (secondary N) is 1. The van der Waals surface area contributed by atoms with Crippen molar-refractivity contribution < 1.29 is 23.9 Å². The number of piperidine rings is 1. The summed E-state index contributed by atoms with van der Waals surface area (Å²) < 4.78 is 11.4. The van der Waals surface area contributed by atoms with Crippen molar-refractivity contribution >= 4 is 23.3 Å². The highest BCUT2D eigenvalue weighted by Crippen LogP contribution is 2.49. The molecule has 1 aliphatic carbocycles. The lowest BCUT2D eigenvalue weighted by molar-refractivity contribution is -0.188. The van der Waals surface area contributed by atoms with Gasteiger partial charge in [0.1, 0.15) is 5.41 Å². The van der Waals surface area contributed by atoms with Crippen molar-refractivity contribution in [1.29, 1.82) is 0 Å². The van der Waals surface area contributed by atoms with Crippen LogP contribution in [0.4, 0.5) is 5.69 Å². The van der Waals surface area contributed by atoms with Gasteiger partial charge in [0, 0.05) is 37.2 Å². The third-order valence-corrected chi connectivity index (χ3v) is 5.77. The van der Waals surface area contributed by atoms with Crippen molar-refractivity contribution in [2.24, 2.45) is 5.41 Å². The van der Waals surface area contributed by atoms with Gasteiger partial charge in [0.2, 0.25) is 11.8 Å². The smallest absolute Gasteiger partial charge is 0.240 e. The van der Waals surface area contributed by atoms with Crippen molar-refractivity contribution in [3.05, 3.63) is 29.8 Å². The highest BCUT2D eigenvalue weighted by atomic mass is 16.7. The average Bonchev–Trinajstić information content (AvgIpc) is 3.37. The van der Waals surface area contributed by atoms with Crippen LogP contribution in [0.5, 0.6) is 0 Å². The van der Waals surface area contributed by atoms with Gasteiger partial charge in [0.15, 0.2) is 11.6 Å². The Hall–Kier alpha value is -2.25. The van der Waals surface area contributed by atoms with Crippen LogP contribution in [0.1, 0.15) is 43.0 Å². The number of ether oxygens (including phenoxy) is 2. The van der Waals surface area contributed by atoms with Gasteiger partial charge in [-0.3, -0.25) is 14.4 Å². The minimum atomic E-state index is -0.957. The van der Waals surface area contributed by atoms with E-state index in [9.17, 15) is 14.4 Å². The third-order valence-electron chi connectivity index (χ3n) is 5.77. The molecule has 0 aromatic heterocycles. The fourth-order valence-corrected chi connectivity index (χ4v) is 3.84. The summed E-state index contributed by atoms with van der Waals surface area (Å²) in [5, 5.41) is 2.83. The number of likely N-dealkylation sites (tertiary alicyclic amines) is 1. The highest BCUT2D eigenvalue weighted by Gasteiger charge is 2.58. The van der Waals surface area contributed by atoms with Crippen LogP contribution >= 0.6 is 0 Å². The first kappa shape index (κ1) is 18.1. The Morgan fingerprint density at radius 3 is 2.07 bits per heavy atom. The van der Waals surface area contributed by atoms with Crippen LogP contribution in [0.25, 0.3) is 0 Å². The monoisotopic (exact) mass is 372 g/mol. The van der Waals surface area contributed by atoms with Crippen molar-refractivity contribution in [1.82, 2.24) is 4.90 Å². The lowest BCUT2D eigenvalue weighted by atomic mass is 9.98. The van der Waals surface area contributed by atoms with E-state index in [0.717, 1.165) is 0 Å². The second-order valence-electron chi connectivity index (χ2n) is 7.57. The number of ketones is 1. The Morgan fingerprint density at radius 1 is 0.963 bits per heavy atom. The molecule has 2 saturated heterocycles. The molecule has 1 spiro atoms. The first-order chi connectivity index (χ1) is 12.9. The zero-order valence-electron chi connectivity index (χ0n) is 15.5. The highest BCUT2D eigenvalue weighted by molar-refractivity contribution is 6.13. The summed E-state index contributed by atoms with van der Waals surface area (Å²) in [6.45, 7) is 3.78. The Bertz CT molecular complexity index is 753. The van der Waals surface area contributed by atoms with Crippen LogP contribution in [0, 0.1) is 5.41 Å². The van der Waals surface area contributed by atoms with Crippen molar-refractivity contribution in [2.45, 2.75) is 38.4 Å². The molecule has 144 valence electrons. The van der Waals surface area contributed by atoms with Crippen molar-refractivity contribution in [3.8, 4) is 0 Å². The van der Waals surface area contributed by atoms with Crippen LogP contribution in [0.3, 0.4) is 0 Å². The van der Waals surface area contributed by atoms with E-state index < -0.39 is 11.2 Å². The fourth-order valence-electron chi connectivity index (χ4n) is 3.84. The molecule has 0 radical (unpaired) electrons. The molecular formula is C20H24N2O5. The maximum Gasteiger partial charge on any atom is 0.240 e. The summed E-state index contributed by atoms with van der Waals surface area (Å²) in [7, 11) is 0. The summed E-state index contributed by atoms with van der Waals surface area (Å²) in [5.41, 5.74) is 0.222. The predicted molar refractivity (Wildman–Crippen MR) is 97.2 cm³/mol. The molecule has 1 aromatic rings. The molecule has 3 fully saturated rings. The topological polar surface area (TPSA) is 84.9 Å². The lowest BCUT2D eigenvalue weighted by Gasteiger charge is -2.38. The Labute approximate surface area is 158 Å². The third kappa shape index (κ3) is 3.37. The van der Waals surface area contributed by atoms with Crippen LogP contribution in [-0.2, 0) is 19.1 Å². The molecule has 3 aliphatic rings. The van der Waals surface area contributed by atoms with E-state index in [1.165, 1.54) is 6.92 Å². The number of benzene rings is 1.